The molecule has 4 aromatic rings. The number of carboxylic acid groups (broad SMARTS) is 1. The molecule has 0 spiro atoms. The lowest BCUT2D eigenvalue weighted by Crippen LogP contribution is -2.02. The lowest BCUT2D eigenvalue weighted by Gasteiger charge is -2.16. The number of aromatic nitrogens is 1. The van der Waals surface area contributed by atoms with Gasteiger partial charge in [0.05, 0.1) is 18.4 Å². The van der Waals surface area contributed by atoms with Gasteiger partial charge in [-0.1, -0.05) is 30.3 Å². The molecule has 0 bridgehead atoms. The molecule has 1 aliphatic rings. The zero-order valence-electron chi connectivity index (χ0n) is 18.7. The van der Waals surface area contributed by atoms with Crippen LogP contribution in [0.2, 0.25) is 0 Å². The number of anilines is 1. The van der Waals surface area contributed by atoms with Crippen molar-refractivity contribution in [3.05, 3.63) is 83.6 Å². The molecule has 0 atom stereocenters. The van der Waals surface area contributed by atoms with Crippen LogP contribution in [0.3, 0.4) is 0 Å². The molecule has 0 radical (unpaired) electrons. The highest BCUT2D eigenvalue weighted by atomic mass is 32.2. The quantitative estimate of drug-likeness (QED) is 0.289. The van der Waals surface area contributed by atoms with Crippen molar-refractivity contribution in [1.29, 1.82) is 0 Å². The minimum atomic E-state index is -1.00. The second kappa shape index (κ2) is 9.65. The minimum absolute atomic E-state index is 0.162. The lowest BCUT2D eigenvalue weighted by atomic mass is 9.89. The van der Waals surface area contributed by atoms with Crippen molar-refractivity contribution in [3.8, 4) is 28.3 Å². The third-order valence-corrected chi connectivity index (χ3v) is 6.73. The number of aryl methyl sites for hydroxylation is 2. The van der Waals surface area contributed by atoms with Crippen LogP contribution >= 0.6 is 11.9 Å². The summed E-state index contributed by atoms with van der Waals surface area (Å²) < 4.78 is 14.1. The third kappa shape index (κ3) is 4.65. The molecule has 34 heavy (non-hydrogen) atoms. The van der Waals surface area contributed by atoms with Gasteiger partial charge in [-0.05, 0) is 78.3 Å². The monoisotopic (exact) mass is 472 g/mol. The minimum Gasteiger partial charge on any atom is -0.495 e. The number of methoxy groups -OCH3 is 1. The standard InChI is InChI=1S/C27H24N2O4S/c1-32-24-15-22(27(30)31)12-13-23(24)29-34-25-16-33-26(28-25)19-9-6-18(7-10-19)21-11-8-17-4-2-3-5-20(17)14-21/h6-16,29H,2-5H2,1H3,(H,30,31). The van der Waals surface area contributed by atoms with E-state index in [0.717, 1.165) is 5.56 Å². The molecule has 5 rings (SSSR count). The molecule has 1 heterocycles. The average Bonchev–Trinajstić information content (AvgIpc) is 3.36. The summed E-state index contributed by atoms with van der Waals surface area (Å²) in [4.78, 5) is 15.7. The van der Waals surface area contributed by atoms with E-state index in [1.54, 1.807) is 12.3 Å². The van der Waals surface area contributed by atoms with Crippen molar-refractivity contribution >= 4 is 23.6 Å². The Hall–Kier alpha value is -3.71. The first kappa shape index (κ1) is 22.1. The van der Waals surface area contributed by atoms with E-state index in [9.17, 15) is 4.79 Å². The molecular formula is C27H24N2O4S. The number of aromatic carboxylic acids is 1. The maximum absolute atomic E-state index is 11.2. The zero-order valence-corrected chi connectivity index (χ0v) is 19.5. The maximum atomic E-state index is 11.2. The van der Waals surface area contributed by atoms with Gasteiger partial charge in [-0.3, -0.25) is 0 Å². The topological polar surface area (TPSA) is 84.6 Å². The Kier molecular flexibility index (Phi) is 6.27. The summed E-state index contributed by atoms with van der Waals surface area (Å²) in [5, 5.41) is 9.79. The SMILES string of the molecule is COc1cc(C(=O)O)ccc1NSc1coc(-c2ccc(-c3ccc4c(c3)CCCC4)cc2)n1. The van der Waals surface area contributed by atoms with Gasteiger partial charge in [-0.25, -0.2) is 9.78 Å². The van der Waals surface area contributed by atoms with E-state index in [1.165, 1.54) is 79.1 Å². The Morgan fingerprint density at radius 2 is 1.71 bits per heavy atom. The highest BCUT2D eigenvalue weighted by Gasteiger charge is 2.13. The Bertz CT molecular complexity index is 1330. The number of ether oxygens (including phenoxy) is 1. The van der Waals surface area contributed by atoms with Crippen LogP contribution in [0.1, 0.15) is 34.3 Å². The molecule has 0 unspecified atom stereocenters. The van der Waals surface area contributed by atoms with E-state index >= 15 is 0 Å². The van der Waals surface area contributed by atoms with Crippen LogP contribution in [0.15, 0.2) is 76.4 Å². The number of hydrogen-bond donors (Lipinski definition) is 2. The van der Waals surface area contributed by atoms with Crippen LogP contribution in [0.4, 0.5) is 5.69 Å². The van der Waals surface area contributed by atoms with Gasteiger partial charge < -0.3 is 19.0 Å². The molecule has 0 saturated heterocycles. The molecule has 0 fully saturated rings. The first-order chi connectivity index (χ1) is 16.6. The van der Waals surface area contributed by atoms with Crippen molar-refractivity contribution in [1.82, 2.24) is 4.98 Å². The van der Waals surface area contributed by atoms with E-state index < -0.39 is 5.97 Å². The number of oxazole rings is 1. The summed E-state index contributed by atoms with van der Waals surface area (Å²) in [5.41, 5.74) is 7.09. The molecule has 0 aliphatic heterocycles. The first-order valence-corrected chi connectivity index (χ1v) is 11.9. The molecule has 1 aliphatic carbocycles. The number of carboxylic acids is 1. The molecule has 7 heteroatoms. The molecule has 0 amide bonds. The fourth-order valence-corrected chi connectivity index (χ4v) is 4.78. The Morgan fingerprint density at radius 3 is 2.47 bits per heavy atom. The van der Waals surface area contributed by atoms with Crippen LogP contribution in [-0.2, 0) is 12.8 Å². The van der Waals surface area contributed by atoms with Gasteiger partial charge in [-0.15, -0.1) is 0 Å². The molecule has 3 aromatic carbocycles. The third-order valence-electron chi connectivity index (χ3n) is 6.01. The van der Waals surface area contributed by atoms with E-state index in [4.69, 9.17) is 14.3 Å². The van der Waals surface area contributed by atoms with Gasteiger partial charge in [-0.2, -0.15) is 0 Å². The van der Waals surface area contributed by atoms with Crippen LogP contribution < -0.4 is 9.46 Å². The largest absolute Gasteiger partial charge is 0.495 e. The van der Waals surface area contributed by atoms with Crippen LogP contribution in [0.25, 0.3) is 22.6 Å². The number of fused-ring (bicyclic) bond motifs is 1. The fraction of sp³-hybridized carbons (Fsp3) is 0.185. The second-order valence-corrected chi connectivity index (χ2v) is 9.01. The van der Waals surface area contributed by atoms with Crippen molar-refractivity contribution < 1.29 is 19.1 Å². The van der Waals surface area contributed by atoms with Gasteiger partial charge in [0.15, 0.2) is 5.03 Å². The summed E-state index contributed by atoms with van der Waals surface area (Å²) >= 11 is 1.26. The van der Waals surface area contributed by atoms with E-state index in [2.05, 4.69) is 40.0 Å². The van der Waals surface area contributed by atoms with Gasteiger partial charge in [0.25, 0.3) is 0 Å². The first-order valence-electron chi connectivity index (χ1n) is 11.1. The Balaban J connectivity index is 1.27. The molecule has 0 saturated carbocycles. The smallest absolute Gasteiger partial charge is 0.335 e. The Morgan fingerprint density at radius 1 is 0.971 bits per heavy atom. The number of carbonyl (C=O) groups is 1. The number of nitrogens with zero attached hydrogens (tertiary/aromatic N) is 1. The summed E-state index contributed by atoms with van der Waals surface area (Å²) in [7, 11) is 1.50. The predicted octanol–water partition coefficient (Wildman–Crippen LogP) is 6.71. The van der Waals surface area contributed by atoms with Gasteiger partial charge in [0.1, 0.15) is 12.0 Å². The van der Waals surface area contributed by atoms with Crippen molar-refractivity contribution in [2.24, 2.45) is 0 Å². The molecular weight excluding hydrogens is 448 g/mol. The van der Waals surface area contributed by atoms with Crippen molar-refractivity contribution in [2.75, 3.05) is 11.8 Å². The molecule has 6 nitrogen and oxygen atoms in total. The number of nitrogens with one attached hydrogen (secondary N) is 1. The van der Waals surface area contributed by atoms with E-state index in [1.807, 2.05) is 12.1 Å². The average molecular weight is 473 g/mol. The second-order valence-electron chi connectivity index (χ2n) is 8.18. The van der Waals surface area contributed by atoms with Gasteiger partial charge in [0.2, 0.25) is 5.89 Å². The Labute approximate surface area is 202 Å². The predicted molar refractivity (Wildman–Crippen MR) is 133 cm³/mol. The summed E-state index contributed by atoms with van der Waals surface area (Å²) in [6.07, 6.45) is 6.51. The summed E-state index contributed by atoms with van der Waals surface area (Å²) in [5.74, 6) is -0.0281. The number of rotatable bonds is 7. The van der Waals surface area contributed by atoms with Crippen molar-refractivity contribution in [3.63, 3.8) is 0 Å². The van der Waals surface area contributed by atoms with E-state index in [0.29, 0.717) is 22.4 Å². The number of benzene rings is 3. The number of hydrogen-bond acceptors (Lipinski definition) is 6. The fourth-order valence-electron chi connectivity index (χ4n) is 4.17. The highest BCUT2D eigenvalue weighted by Crippen LogP contribution is 2.32. The summed E-state index contributed by atoms with van der Waals surface area (Å²) in [6.45, 7) is 0. The molecule has 172 valence electrons. The normalized spacial score (nSPS) is 12.7. The molecule has 2 N–H and O–H groups in total. The lowest BCUT2D eigenvalue weighted by molar-refractivity contribution is 0.0696. The zero-order chi connectivity index (χ0) is 23.5. The van der Waals surface area contributed by atoms with Gasteiger partial charge in [0, 0.05) is 17.5 Å². The summed E-state index contributed by atoms with van der Waals surface area (Å²) in [6, 6.07) is 19.7. The van der Waals surface area contributed by atoms with E-state index in [-0.39, 0.29) is 5.56 Å². The maximum Gasteiger partial charge on any atom is 0.335 e. The van der Waals surface area contributed by atoms with Crippen LogP contribution in [0, 0.1) is 0 Å². The van der Waals surface area contributed by atoms with Crippen LogP contribution in [-0.4, -0.2) is 23.2 Å². The van der Waals surface area contributed by atoms with Gasteiger partial charge >= 0.3 is 5.97 Å². The highest BCUT2D eigenvalue weighted by molar-refractivity contribution is 8.00. The van der Waals surface area contributed by atoms with Crippen molar-refractivity contribution in [2.45, 2.75) is 30.7 Å². The molecule has 1 aromatic heterocycles. The van der Waals surface area contributed by atoms with Crippen LogP contribution in [0.5, 0.6) is 5.75 Å².